The van der Waals surface area contributed by atoms with Crippen molar-refractivity contribution >= 4 is 5.91 Å². The first-order valence-electron chi connectivity index (χ1n) is 6.79. The van der Waals surface area contributed by atoms with E-state index in [2.05, 4.69) is 22.0 Å². The van der Waals surface area contributed by atoms with Gasteiger partial charge in [-0.15, -0.1) is 0 Å². The molecule has 0 aromatic carbocycles. The molecule has 2 rings (SSSR count). The van der Waals surface area contributed by atoms with Gasteiger partial charge in [0.1, 0.15) is 0 Å². The van der Waals surface area contributed by atoms with Gasteiger partial charge < -0.3 is 15.1 Å². The maximum Gasteiger partial charge on any atom is 0.241 e. The molecule has 2 fully saturated rings. The van der Waals surface area contributed by atoms with Crippen molar-refractivity contribution in [3.63, 3.8) is 0 Å². The average Bonchev–Trinajstić information content (AvgIpc) is 2.75. The molecule has 1 amide bonds. The van der Waals surface area contributed by atoms with Gasteiger partial charge in [0.15, 0.2) is 0 Å². The lowest BCUT2D eigenvalue weighted by atomic mass is 10.1. The lowest BCUT2D eigenvalue weighted by Crippen LogP contribution is -2.63. The van der Waals surface area contributed by atoms with Crippen molar-refractivity contribution in [1.29, 1.82) is 0 Å². The van der Waals surface area contributed by atoms with Gasteiger partial charge in [0.25, 0.3) is 0 Å². The number of rotatable bonds is 3. The summed E-state index contributed by atoms with van der Waals surface area (Å²) >= 11 is 0. The van der Waals surface area contributed by atoms with Crippen LogP contribution >= 0.6 is 0 Å². The molecule has 2 unspecified atom stereocenters. The van der Waals surface area contributed by atoms with Crippen molar-refractivity contribution in [1.82, 2.24) is 15.1 Å². The smallest absolute Gasteiger partial charge is 0.241 e. The van der Waals surface area contributed by atoms with Crippen LogP contribution in [-0.4, -0.2) is 61.0 Å². The number of likely N-dealkylation sites (N-methyl/N-ethyl adjacent to an activating group) is 1. The maximum atomic E-state index is 12.4. The Balaban J connectivity index is 2.02. The molecule has 2 atom stereocenters. The van der Waals surface area contributed by atoms with E-state index in [4.69, 9.17) is 0 Å². The van der Waals surface area contributed by atoms with Gasteiger partial charge in [0.2, 0.25) is 5.91 Å². The van der Waals surface area contributed by atoms with Crippen molar-refractivity contribution in [2.75, 3.05) is 27.2 Å². The van der Waals surface area contributed by atoms with Crippen molar-refractivity contribution in [2.24, 2.45) is 0 Å². The zero-order valence-corrected chi connectivity index (χ0v) is 11.3. The molecule has 17 heavy (non-hydrogen) atoms. The summed E-state index contributed by atoms with van der Waals surface area (Å²) in [6.45, 7) is 3.86. The Kier molecular flexibility index (Phi) is 4.05. The van der Waals surface area contributed by atoms with E-state index in [0.717, 1.165) is 13.1 Å². The van der Waals surface area contributed by atoms with Crippen molar-refractivity contribution < 1.29 is 4.79 Å². The molecular formula is C13H25N3O. The summed E-state index contributed by atoms with van der Waals surface area (Å²) in [5.41, 5.74) is 0. The molecule has 1 N–H and O–H groups in total. The van der Waals surface area contributed by atoms with Gasteiger partial charge >= 0.3 is 0 Å². The van der Waals surface area contributed by atoms with Gasteiger partial charge in [-0.1, -0.05) is 12.8 Å². The molecular weight excluding hydrogens is 214 g/mol. The van der Waals surface area contributed by atoms with E-state index in [9.17, 15) is 4.79 Å². The highest BCUT2D eigenvalue weighted by atomic mass is 16.2. The Morgan fingerprint density at radius 3 is 2.59 bits per heavy atom. The van der Waals surface area contributed by atoms with Crippen LogP contribution in [-0.2, 0) is 4.79 Å². The van der Waals surface area contributed by atoms with E-state index in [1.54, 1.807) is 0 Å². The highest BCUT2D eigenvalue weighted by Crippen LogP contribution is 2.25. The number of hydrogen-bond donors (Lipinski definition) is 1. The van der Waals surface area contributed by atoms with Crippen LogP contribution in [0.5, 0.6) is 0 Å². The van der Waals surface area contributed by atoms with Crippen LogP contribution in [0.3, 0.4) is 0 Å². The van der Waals surface area contributed by atoms with Gasteiger partial charge in [-0.2, -0.15) is 0 Å². The normalized spacial score (nSPS) is 31.5. The minimum Gasteiger partial charge on any atom is -0.337 e. The number of hydrogen-bond acceptors (Lipinski definition) is 3. The molecule has 0 radical (unpaired) electrons. The van der Waals surface area contributed by atoms with Crippen LogP contribution in [0.15, 0.2) is 0 Å². The molecule has 1 heterocycles. The summed E-state index contributed by atoms with van der Waals surface area (Å²) in [5.74, 6) is 0.309. The van der Waals surface area contributed by atoms with Crippen LogP contribution in [0, 0.1) is 0 Å². The quantitative estimate of drug-likeness (QED) is 0.786. The summed E-state index contributed by atoms with van der Waals surface area (Å²) < 4.78 is 0. The molecule has 4 nitrogen and oxygen atoms in total. The van der Waals surface area contributed by atoms with Crippen LogP contribution in [0.2, 0.25) is 0 Å². The molecule has 4 heteroatoms. The second-order valence-corrected chi connectivity index (χ2v) is 5.81. The molecule has 0 aromatic heterocycles. The number of amides is 1. The molecule has 98 valence electrons. The fraction of sp³-hybridized carbons (Fsp3) is 0.923. The van der Waals surface area contributed by atoms with E-state index in [1.807, 2.05) is 14.1 Å². The van der Waals surface area contributed by atoms with Gasteiger partial charge in [-0.05, 0) is 33.9 Å². The van der Waals surface area contributed by atoms with Crippen molar-refractivity contribution in [3.05, 3.63) is 0 Å². The third-order valence-corrected chi connectivity index (χ3v) is 3.85. The van der Waals surface area contributed by atoms with Gasteiger partial charge in [-0.25, -0.2) is 0 Å². The topological polar surface area (TPSA) is 35.6 Å². The average molecular weight is 239 g/mol. The predicted octanol–water partition coefficient (Wildman–Crippen LogP) is 0.680. The third-order valence-electron chi connectivity index (χ3n) is 3.85. The second kappa shape index (κ2) is 5.36. The molecule has 1 aliphatic heterocycles. The van der Waals surface area contributed by atoms with Gasteiger partial charge in [0.05, 0.1) is 6.04 Å². The van der Waals surface area contributed by atoms with Gasteiger partial charge in [0, 0.05) is 25.2 Å². The van der Waals surface area contributed by atoms with E-state index in [0.29, 0.717) is 18.0 Å². The fourth-order valence-corrected chi connectivity index (χ4v) is 3.09. The highest BCUT2D eigenvalue weighted by Gasteiger charge is 2.36. The van der Waals surface area contributed by atoms with Crippen molar-refractivity contribution in [3.8, 4) is 0 Å². The summed E-state index contributed by atoms with van der Waals surface area (Å²) in [5, 5.41) is 3.42. The van der Waals surface area contributed by atoms with E-state index in [1.165, 1.54) is 25.7 Å². The predicted molar refractivity (Wildman–Crippen MR) is 68.9 cm³/mol. The highest BCUT2D eigenvalue weighted by molar-refractivity contribution is 5.83. The Bertz CT molecular complexity index is 272. The zero-order chi connectivity index (χ0) is 12.4. The van der Waals surface area contributed by atoms with Crippen LogP contribution in [0.25, 0.3) is 0 Å². The van der Waals surface area contributed by atoms with Crippen LogP contribution in [0.1, 0.15) is 32.6 Å². The maximum absolute atomic E-state index is 12.4. The standard InChI is InChI=1S/C13H25N3O/c1-10-8-16(11-6-4-5-7-11)13(17)12(14-10)9-15(2)3/h10-12,14H,4-9H2,1-3H3. The van der Waals surface area contributed by atoms with Crippen molar-refractivity contribution in [2.45, 2.75) is 50.7 Å². The van der Waals surface area contributed by atoms with E-state index >= 15 is 0 Å². The first-order valence-corrected chi connectivity index (χ1v) is 6.79. The monoisotopic (exact) mass is 239 g/mol. The van der Waals surface area contributed by atoms with Crippen LogP contribution < -0.4 is 5.32 Å². The van der Waals surface area contributed by atoms with Crippen LogP contribution in [0.4, 0.5) is 0 Å². The summed E-state index contributed by atoms with van der Waals surface area (Å²) in [4.78, 5) is 16.7. The number of nitrogens with zero attached hydrogens (tertiary/aromatic N) is 2. The molecule has 1 saturated carbocycles. The Morgan fingerprint density at radius 1 is 1.35 bits per heavy atom. The van der Waals surface area contributed by atoms with Gasteiger partial charge in [-0.3, -0.25) is 4.79 Å². The minimum atomic E-state index is -0.0191. The molecule has 2 aliphatic rings. The molecule has 1 aliphatic carbocycles. The number of carbonyl (C=O) groups is 1. The Hall–Kier alpha value is -0.610. The minimum absolute atomic E-state index is 0.0191. The Labute approximate surface area is 104 Å². The second-order valence-electron chi connectivity index (χ2n) is 5.81. The SMILES string of the molecule is CC1CN(C2CCCC2)C(=O)C(CN(C)C)N1. The summed E-state index contributed by atoms with van der Waals surface area (Å²) in [6, 6.07) is 0.907. The first-order chi connectivity index (χ1) is 8.08. The number of carbonyl (C=O) groups excluding carboxylic acids is 1. The largest absolute Gasteiger partial charge is 0.337 e. The number of nitrogens with one attached hydrogen (secondary N) is 1. The third kappa shape index (κ3) is 2.99. The molecule has 0 aromatic rings. The van der Waals surface area contributed by atoms with E-state index in [-0.39, 0.29) is 6.04 Å². The van der Waals surface area contributed by atoms with E-state index < -0.39 is 0 Å². The lowest BCUT2D eigenvalue weighted by molar-refractivity contribution is -0.139. The molecule has 0 spiro atoms. The first kappa shape index (κ1) is 12.8. The summed E-state index contributed by atoms with van der Waals surface area (Å²) in [6.07, 6.45) is 4.98. The molecule has 1 saturated heterocycles. The zero-order valence-electron chi connectivity index (χ0n) is 11.3. The number of piperazine rings is 1. The molecule has 0 bridgehead atoms. The lowest BCUT2D eigenvalue weighted by Gasteiger charge is -2.41. The summed E-state index contributed by atoms with van der Waals surface area (Å²) in [7, 11) is 4.04. The Morgan fingerprint density at radius 2 is 2.00 bits per heavy atom. The fourth-order valence-electron chi connectivity index (χ4n) is 3.09.